The van der Waals surface area contributed by atoms with E-state index in [1.807, 2.05) is 25.8 Å². The highest BCUT2D eigenvalue weighted by atomic mass is 127. The molecule has 0 bridgehead atoms. The van der Waals surface area contributed by atoms with Crippen LogP contribution < -0.4 is 10.6 Å². The Morgan fingerprint density at radius 3 is 2.85 bits per heavy atom. The lowest BCUT2D eigenvalue weighted by atomic mass is 9.97. The van der Waals surface area contributed by atoms with Crippen LogP contribution in [0.1, 0.15) is 43.2 Å². The summed E-state index contributed by atoms with van der Waals surface area (Å²) in [6, 6.07) is 8.63. The zero-order valence-electron chi connectivity index (χ0n) is 16.0. The Morgan fingerprint density at radius 1 is 1.22 bits per heavy atom. The minimum Gasteiger partial charge on any atom is -0.356 e. The molecule has 5 nitrogen and oxygen atoms in total. The van der Waals surface area contributed by atoms with E-state index in [1.54, 1.807) is 5.57 Å². The van der Waals surface area contributed by atoms with Gasteiger partial charge >= 0.3 is 0 Å². The summed E-state index contributed by atoms with van der Waals surface area (Å²) in [6.45, 7) is 2.54. The summed E-state index contributed by atoms with van der Waals surface area (Å²) < 4.78 is 2.08. The molecule has 0 saturated carbocycles. The van der Waals surface area contributed by atoms with Gasteiger partial charge in [-0.15, -0.1) is 24.0 Å². The summed E-state index contributed by atoms with van der Waals surface area (Å²) in [7, 11) is 1.82. The molecule has 0 spiro atoms. The number of aromatic nitrogens is 2. The summed E-state index contributed by atoms with van der Waals surface area (Å²) >= 11 is 0. The third-order valence-corrected chi connectivity index (χ3v) is 4.72. The maximum absolute atomic E-state index is 4.33. The van der Waals surface area contributed by atoms with Gasteiger partial charge in [-0.25, -0.2) is 4.98 Å². The summed E-state index contributed by atoms with van der Waals surface area (Å²) in [5.41, 5.74) is 4.11. The molecule has 1 aliphatic carbocycles. The van der Waals surface area contributed by atoms with E-state index in [2.05, 4.69) is 55.5 Å². The highest BCUT2D eigenvalue weighted by molar-refractivity contribution is 14.0. The van der Waals surface area contributed by atoms with Gasteiger partial charge in [-0.05, 0) is 43.2 Å². The molecule has 0 amide bonds. The standard InChI is InChI=1S/C21H29N5.HI/c1-22-21(24-11-10-18-6-3-2-4-7-18)25-15-19-8-5-9-20(14-19)16-26-13-12-23-17-26;/h5-6,8-9,12-14,17H,2-4,7,10-11,15-16H2,1H3,(H2,22,24,25);1H. The fraction of sp³-hybridized carbons (Fsp3) is 0.429. The van der Waals surface area contributed by atoms with Gasteiger partial charge in [0.2, 0.25) is 0 Å². The highest BCUT2D eigenvalue weighted by Crippen LogP contribution is 2.19. The number of halogens is 1. The summed E-state index contributed by atoms with van der Waals surface area (Å²) in [5.74, 6) is 0.862. The van der Waals surface area contributed by atoms with Crippen molar-refractivity contribution in [1.82, 2.24) is 20.2 Å². The summed E-state index contributed by atoms with van der Waals surface area (Å²) in [4.78, 5) is 8.43. The fourth-order valence-electron chi connectivity index (χ4n) is 3.31. The Hall–Kier alpha value is -1.83. The smallest absolute Gasteiger partial charge is 0.191 e. The lowest BCUT2D eigenvalue weighted by molar-refractivity contribution is 0.665. The van der Waals surface area contributed by atoms with Crippen LogP contribution in [0, 0.1) is 0 Å². The monoisotopic (exact) mass is 479 g/mol. The number of nitrogens with one attached hydrogen (secondary N) is 2. The molecule has 27 heavy (non-hydrogen) atoms. The van der Waals surface area contributed by atoms with E-state index in [9.17, 15) is 0 Å². The molecular formula is C21H30IN5. The molecule has 0 unspecified atom stereocenters. The van der Waals surface area contributed by atoms with Crippen LogP contribution in [-0.4, -0.2) is 29.1 Å². The Kier molecular flexibility index (Phi) is 9.38. The van der Waals surface area contributed by atoms with Gasteiger partial charge in [-0.3, -0.25) is 4.99 Å². The number of benzene rings is 1. The quantitative estimate of drug-likeness (QED) is 0.272. The van der Waals surface area contributed by atoms with Crippen LogP contribution in [0.25, 0.3) is 0 Å². The van der Waals surface area contributed by atoms with Crippen LogP contribution >= 0.6 is 24.0 Å². The second kappa shape index (κ2) is 11.8. The average Bonchev–Trinajstić information content (AvgIpc) is 3.18. The summed E-state index contributed by atoms with van der Waals surface area (Å²) in [5, 5.41) is 6.83. The van der Waals surface area contributed by atoms with Gasteiger partial charge in [0, 0.05) is 39.1 Å². The highest BCUT2D eigenvalue weighted by Gasteiger charge is 2.04. The third kappa shape index (κ3) is 7.36. The Labute approximate surface area is 179 Å². The molecule has 0 atom stereocenters. The maximum Gasteiger partial charge on any atom is 0.191 e. The first-order valence-electron chi connectivity index (χ1n) is 9.49. The normalized spacial score (nSPS) is 14.3. The molecule has 0 aliphatic heterocycles. The maximum atomic E-state index is 4.33. The first kappa shape index (κ1) is 21.5. The van der Waals surface area contributed by atoms with Gasteiger partial charge in [0.25, 0.3) is 0 Å². The van der Waals surface area contributed by atoms with Gasteiger partial charge < -0.3 is 15.2 Å². The van der Waals surface area contributed by atoms with Crippen LogP contribution in [0.5, 0.6) is 0 Å². The second-order valence-electron chi connectivity index (χ2n) is 6.77. The van der Waals surface area contributed by atoms with Crippen LogP contribution in [0.2, 0.25) is 0 Å². The molecular weight excluding hydrogens is 449 g/mol. The van der Waals surface area contributed by atoms with E-state index >= 15 is 0 Å². The molecule has 1 aliphatic rings. The number of allylic oxidation sites excluding steroid dienone is 1. The largest absolute Gasteiger partial charge is 0.356 e. The second-order valence-corrected chi connectivity index (χ2v) is 6.77. The molecule has 0 radical (unpaired) electrons. The molecule has 1 aromatic heterocycles. The van der Waals surface area contributed by atoms with Crippen molar-refractivity contribution in [2.45, 2.75) is 45.2 Å². The molecule has 1 heterocycles. The van der Waals surface area contributed by atoms with Gasteiger partial charge in [-0.2, -0.15) is 0 Å². The Balaban J connectivity index is 0.00000261. The minimum absolute atomic E-state index is 0. The van der Waals surface area contributed by atoms with Crippen molar-refractivity contribution in [1.29, 1.82) is 0 Å². The minimum atomic E-state index is 0. The van der Waals surface area contributed by atoms with Crippen molar-refractivity contribution >= 4 is 29.9 Å². The van der Waals surface area contributed by atoms with Crippen molar-refractivity contribution in [2.24, 2.45) is 4.99 Å². The average molecular weight is 479 g/mol. The van der Waals surface area contributed by atoms with Crippen LogP contribution in [0.15, 0.2) is 59.6 Å². The van der Waals surface area contributed by atoms with Gasteiger partial charge in [0.05, 0.1) is 6.33 Å². The number of nitrogens with zero attached hydrogens (tertiary/aromatic N) is 3. The molecule has 146 valence electrons. The van der Waals surface area contributed by atoms with Crippen LogP contribution in [-0.2, 0) is 13.1 Å². The first-order chi connectivity index (χ1) is 12.8. The number of guanidine groups is 1. The lowest BCUT2D eigenvalue weighted by Gasteiger charge is -2.15. The Bertz CT molecular complexity index is 737. The predicted molar refractivity (Wildman–Crippen MR) is 123 cm³/mol. The number of rotatable bonds is 7. The number of aliphatic imine (C=N–C) groups is 1. The predicted octanol–water partition coefficient (Wildman–Crippen LogP) is 4.10. The topological polar surface area (TPSA) is 54.2 Å². The van der Waals surface area contributed by atoms with E-state index in [4.69, 9.17) is 0 Å². The zero-order chi connectivity index (χ0) is 18.0. The van der Waals surface area contributed by atoms with Crippen molar-refractivity contribution in [3.8, 4) is 0 Å². The molecule has 3 rings (SSSR count). The van der Waals surface area contributed by atoms with E-state index in [0.29, 0.717) is 0 Å². The van der Waals surface area contributed by atoms with E-state index in [-0.39, 0.29) is 24.0 Å². The van der Waals surface area contributed by atoms with Crippen LogP contribution in [0.4, 0.5) is 0 Å². The zero-order valence-corrected chi connectivity index (χ0v) is 18.4. The third-order valence-electron chi connectivity index (χ3n) is 4.72. The number of hydrogen-bond donors (Lipinski definition) is 2. The SMILES string of the molecule is CN=C(NCCC1=CCCCC1)NCc1cccc(Cn2ccnc2)c1.I. The molecule has 2 aromatic rings. The molecule has 0 saturated heterocycles. The molecule has 6 heteroatoms. The van der Waals surface area contributed by atoms with Crippen molar-refractivity contribution in [2.75, 3.05) is 13.6 Å². The van der Waals surface area contributed by atoms with E-state index in [0.717, 1.165) is 32.0 Å². The van der Waals surface area contributed by atoms with Gasteiger partial charge in [0.15, 0.2) is 5.96 Å². The first-order valence-corrected chi connectivity index (χ1v) is 9.49. The van der Waals surface area contributed by atoms with Crippen molar-refractivity contribution in [3.63, 3.8) is 0 Å². The molecule has 2 N–H and O–H groups in total. The molecule has 0 fully saturated rings. The van der Waals surface area contributed by atoms with E-state index < -0.39 is 0 Å². The summed E-state index contributed by atoms with van der Waals surface area (Å²) in [6.07, 6.45) is 14.4. The van der Waals surface area contributed by atoms with Gasteiger partial charge in [-0.1, -0.05) is 35.9 Å². The van der Waals surface area contributed by atoms with E-state index in [1.165, 1.54) is 36.8 Å². The van der Waals surface area contributed by atoms with Crippen molar-refractivity contribution in [3.05, 3.63) is 65.8 Å². The van der Waals surface area contributed by atoms with Crippen molar-refractivity contribution < 1.29 is 0 Å². The van der Waals surface area contributed by atoms with Crippen LogP contribution in [0.3, 0.4) is 0 Å². The fourth-order valence-corrected chi connectivity index (χ4v) is 3.31. The molecule has 1 aromatic carbocycles. The van der Waals surface area contributed by atoms with Gasteiger partial charge in [0.1, 0.15) is 0 Å². The lowest BCUT2D eigenvalue weighted by Crippen LogP contribution is -2.37. The Morgan fingerprint density at radius 2 is 2.11 bits per heavy atom. The number of hydrogen-bond acceptors (Lipinski definition) is 2. The number of imidazole rings is 1.